The van der Waals surface area contributed by atoms with Crippen LogP contribution in [0.25, 0.3) is 66.8 Å². The largest absolute Gasteiger partial charge is 0.310 e. The topological polar surface area (TPSA) is 3.24 Å². The molecule has 0 fully saturated rings. The number of fused-ring (bicyclic) bond motifs is 3. The van der Waals surface area contributed by atoms with Gasteiger partial charge in [0.05, 0.1) is 5.41 Å². The third-order valence-corrected chi connectivity index (χ3v) is 13.8. The lowest BCUT2D eigenvalue weighted by molar-refractivity contribution is 0.770. The van der Waals surface area contributed by atoms with Crippen LogP contribution >= 0.6 is 0 Å². The standard InChI is InChI=1S/C67H47N/c1-7-20-48(21-8-1)51-34-40-57(41-35-51)67(56-30-17-6-18-31-56)64-47-60(46-63(55-28-15-5-16-29-55)65(64)62-33-19-32-61(66(62)67)54-26-13-4-14-27-54)68(58-42-36-52(37-43-58)49-22-9-2-10-23-49)59-44-38-53(39-45-59)50-24-11-3-12-25-50/h1-47H. The van der Waals surface area contributed by atoms with Crippen molar-refractivity contribution >= 4 is 17.1 Å². The van der Waals surface area contributed by atoms with E-state index in [-0.39, 0.29) is 0 Å². The van der Waals surface area contributed by atoms with Gasteiger partial charge in [0.15, 0.2) is 0 Å². The molecule has 0 saturated heterocycles. The van der Waals surface area contributed by atoms with E-state index in [1.165, 1.54) is 89.0 Å². The van der Waals surface area contributed by atoms with E-state index in [0.717, 1.165) is 17.1 Å². The Kier molecular flexibility index (Phi) is 10.5. The molecule has 0 bridgehead atoms. The molecule has 1 aliphatic carbocycles. The Balaban J connectivity index is 1.17. The van der Waals surface area contributed by atoms with Crippen molar-refractivity contribution in [2.24, 2.45) is 0 Å². The molecule has 1 unspecified atom stereocenters. The number of hydrogen-bond acceptors (Lipinski definition) is 1. The van der Waals surface area contributed by atoms with E-state index >= 15 is 0 Å². The van der Waals surface area contributed by atoms with Crippen LogP contribution in [0.15, 0.2) is 285 Å². The molecule has 0 heterocycles. The van der Waals surface area contributed by atoms with E-state index < -0.39 is 5.41 Å². The van der Waals surface area contributed by atoms with Gasteiger partial charge in [0.25, 0.3) is 0 Å². The maximum Gasteiger partial charge on any atom is 0.0720 e. The lowest BCUT2D eigenvalue weighted by Gasteiger charge is -2.36. The van der Waals surface area contributed by atoms with Crippen LogP contribution in [0.1, 0.15) is 22.3 Å². The van der Waals surface area contributed by atoms with Crippen LogP contribution in [0.4, 0.5) is 17.1 Å². The number of hydrogen-bond donors (Lipinski definition) is 0. The van der Waals surface area contributed by atoms with Crippen molar-refractivity contribution in [1.29, 1.82) is 0 Å². The van der Waals surface area contributed by atoms with Gasteiger partial charge < -0.3 is 4.90 Å². The minimum absolute atomic E-state index is 0.715. The summed E-state index contributed by atoms with van der Waals surface area (Å²) >= 11 is 0. The zero-order chi connectivity index (χ0) is 45.3. The summed E-state index contributed by atoms with van der Waals surface area (Å²) in [6.07, 6.45) is 0. The Morgan fingerprint density at radius 2 is 0.588 bits per heavy atom. The van der Waals surface area contributed by atoms with Crippen molar-refractivity contribution < 1.29 is 0 Å². The quantitative estimate of drug-likeness (QED) is 0.132. The number of anilines is 3. The minimum atomic E-state index is -0.715. The van der Waals surface area contributed by atoms with Crippen LogP contribution in [0.5, 0.6) is 0 Å². The molecule has 12 rings (SSSR count). The van der Waals surface area contributed by atoms with Crippen molar-refractivity contribution in [2.45, 2.75) is 5.41 Å². The molecule has 0 N–H and O–H groups in total. The highest BCUT2D eigenvalue weighted by molar-refractivity contribution is 6.01. The average molecular weight is 866 g/mol. The van der Waals surface area contributed by atoms with Crippen LogP contribution < -0.4 is 4.90 Å². The van der Waals surface area contributed by atoms with Crippen LogP contribution in [0.2, 0.25) is 0 Å². The van der Waals surface area contributed by atoms with Gasteiger partial charge in [-0.25, -0.2) is 0 Å². The molecule has 1 aliphatic rings. The van der Waals surface area contributed by atoms with E-state index in [1.807, 2.05) is 0 Å². The van der Waals surface area contributed by atoms with Gasteiger partial charge in [-0.3, -0.25) is 0 Å². The average Bonchev–Trinajstić information content (AvgIpc) is 3.74. The fourth-order valence-electron chi connectivity index (χ4n) is 10.7. The summed E-state index contributed by atoms with van der Waals surface area (Å²) in [5.74, 6) is 0. The Morgan fingerprint density at radius 3 is 1.04 bits per heavy atom. The van der Waals surface area contributed by atoms with Gasteiger partial charge in [0.1, 0.15) is 0 Å². The molecule has 68 heavy (non-hydrogen) atoms. The van der Waals surface area contributed by atoms with Crippen LogP contribution in [-0.2, 0) is 5.41 Å². The van der Waals surface area contributed by atoms with E-state index in [4.69, 9.17) is 0 Å². The fraction of sp³-hybridized carbons (Fsp3) is 0.0149. The van der Waals surface area contributed by atoms with Gasteiger partial charge in [-0.15, -0.1) is 0 Å². The van der Waals surface area contributed by atoms with E-state index in [2.05, 4.69) is 290 Å². The predicted molar refractivity (Wildman–Crippen MR) is 286 cm³/mol. The highest BCUT2D eigenvalue weighted by Crippen LogP contribution is 2.62. The SMILES string of the molecule is c1ccc(-c2ccc(N(c3ccc(-c4ccccc4)cc3)c3cc(-c4ccccc4)c4c(c3)C(c3ccccc3)(c3ccc(-c5ccccc5)cc3)c3c(-c5ccccc5)cccc3-4)cc2)cc1. The molecule has 0 spiro atoms. The molecule has 11 aromatic rings. The molecule has 0 aromatic heterocycles. The molecule has 1 nitrogen and oxygen atoms in total. The lowest BCUT2D eigenvalue weighted by atomic mass is 9.65. The maximum atomic E-state index is 2.50. The lowest BCUT2D eigenvalue weighted by Crippen LogP contribution is -2.29. The van der Waals surface area contributed by atoms with Crippen molar-refractivity contribution in [1.82, 2.24) is 0 Å². The van der Waals surface area contributed by atoms with Crippen molar-refractivity contribution in [2.75, 3.05) is 4.90 Å². The first-order valence-electron chi connectivity index (χ1n) is 23.5. The first-order valence-corrected chi connectivity index (χ1v) is 23.5. The molecule has 0 radical (unpaired) electrons. The highest BCUT2D eigenvalue weighted by atomic mass is 15.1. The molecule has 11 aromatic carbocycles. The Bertz CT molecular complexity index is 3400. The molecule has 0 aliphatic heterocycles. The summed E-state index contributed by atoms with van der Waals surface area (Å²) in [6.45, 7) is 0. The van der Waals surface area contributed by atoms with Gasteiger partial charge in [0, 0.05) is 17.1 Å². The predicted octanol–water partition coefficient (Wildman–Crippen LogP) is 17.9. The maximum absolute atomic E-state index is 2.50. The second kappa shape index (κ2) is 17.5. The first-order chi connectivity index (χ1) is 33.7. The third-order valence-electron chi connectivity index (χ3n) is 13.8. The van der Waals surface area contributed by atoms with Crippen LogP contribution in [0.3, 0.4) is 0 Å². The van der Waals surface area contributed by atoms with Crippen molar-refractivity contribution in [3.05, 3.63) is 307 Å². The zero-order valence-electron chi connectivity index (χ0n) is 37.6. The number of rotatable bonds is 10. The Labute approximate surface area is 399 Å². The van der Waals surface area contributed by atoms with Gasteiger partial charge in [-0.2, -0.15) is 0 Å². The van der Waals surface area contributed by atoms with Gasteiger partial charge >= 0.3 is 0 Å². The minimum Gasteiger partial charge on any atom is -0.310 e. The third kappa shape index (κ3) is 7.13. The van der Waals surface area contributed by atoms with E-state index in [1.54, 1.807) is 0 Å². The monoisotopic (exact) mass is 865 g/mol. The molecule has 0 saturated carbocycles. The molecular formula is C67H47N. The smallest absolute Gasteiger partial charge is 0.0720 e. The Morgan fingerprint density at radius 1 is 0.235 bits per heavy atom. The zero-order valence-corrected chi connectivity index (χ0v) is 37.6. The molecule has 1 atom stereocenters. The van der Waals surface area contributed by atoms with Crippen molar-refractivity contribution in [3.63, 3.8) is 0 Å². The normalized spacial score (nSPS) is 13.6. The van der Waals surface area contributed by atoms with Gasteiger partial charge in [-0.1, -0.05) is 249 Å². The van der Waals surface area contributed by atoms with Gasteiger partial charge in [-0.05, 0) is 125 Å². The summed E-state index contributed by atoms with van der Waals surface area (Å²) in [5.41, 5.74) is 21.9. The van der Waals surface area contributed by atoms with Crippen LogP contribution in [-0.4, -0.2) is 0 Å². The summed E-state index contributed by atoms with van der Waals surface area (Å²) in [5, 5.41) is 0. The summed E-state index contributed by atoms with van der Waals surface area (Å²) in [4.78, 5) is 2.45. The summed E-state index contributed by atoms with van der Waals surface area (Å²) in [6, 6.07) is 105. The van der Waals surface area contributed by atoms with Crippen LogP contribution in [0, 0.1) is 0 Å². The molecule has 320 valence electrons. The summed E-state index contributed by atoms with van der Waals surface area (Å²) < 4.78 is 0. The molecule has 0 amide bonds. The first kappa shape index (κ1) is 40.7. The highest BCUT2D eigenvalue weighted by Gasteiger charge is 2.49. The van der Waals surface area contributed by atoms with E-state index in [0.29, 0.717) is 0 Å². The summed E-state index contributed by atoms with van der Waals surface area (Å²) in [7, 11) is 0. The molecule has 1 heteroatoms. The Hall–Kier alpha value is -8.78. The van der Waals surface area contributed by atoms with Gasteiger partial charge in [0.2, 0.25) is 0 Å². The second-order valence-corrected chi connectivity index (χ2v) is 17.6. The second-order valence-electron chi connectivity index (χ2n) is 17.6. The number of benzene rings is 11. The van der Waals surface area contributed by atoms with E-state index in [9.17, 15) is 0 Å². The van der Waals surface area contributed by atoms with Crippen molar-refractivity contribution in [3.8, 4) is 66.8 Å². The number of nitrogens with zero attached hydrogens (tertiary/aromatic N) is 1. The fourth-order valence-corrected chi connectivity index (χ4v) is 10.7. The molecular weight excluding hydrogens is 819 g/mol.